The van der Waals surface area contributed by atoms with E-state index in [1.165, 1.54) is 19.3 Å². The fourth-order valence-electron chi connectivity index (χ4n) is 2.93. The van der Waals surface area contributed by atoms with Crippen LogP contribution < -0.4 is 5.32 Å². The van der Waals surface area contributed by atoms with Crippen molar-refractivity contribution in [1.82, 2.24) is 10.2 Å². The molecule has 7 heteroatoms. The third-order valence-electron chi connectivity index (χ3n) is 4.73. The molecule has 1 aliphatic carbocycles. The molecule has 0 atom stereocenters. The Morgan fingerprint density at radius 3 is 2.32 bits per heavy atom. The Labute approximate surface area is 177 Å². The highest BCUT2D eigenvalue weighted by Gasteiger charge is 2.24. The second-order valence-corrected chi connectivity index (χ2v) is 9.07. The number of likely N-dealkylation sites (tertiary alicyclic amines) is 1. The molecule has 1 N–H and O–H groups in total. The Hall–Kier alpha value is -1.46. The van der Waals surface area contributed by atoms with E-state index in [-0.39, 0.29) is 17.6 Å². The van der Waals surface area contributed by atoms with Gasteiger partial charge in [-0.2, -0.15) is 0 Å². The Balaban J connectivity index is 0.000000209. The molecule has 0 radical (unpaired) electrons. The maximum absolute atomic E-state index is 11.8. The lowest BCUT2D eigenvalue weighted by molar-refractivity contribution is 0.0295. The van der Waals surface area contributed by atoms with Gasteiger partial charge in [0.05, 0.1) is 15.6 Å². The molecule has 28 heavy (non-hydrogen) atoms. The Kier molecular flexibility index (Phi) is 8.44. The molecule has 2 fully saturated rings. The average molecular weight is 429 g/mol. The van der Waals surface area contributed by atoms with Crippen molar-refractivity contribution in [2.45, 2.75) is 58.5 Å². The highest BCUT2D eigenvalue weighted by molar-refractivity contribution is 6.43. The van der Waals surface area contributed by atoms with Gasteiger partial charge < -0.3 is 15.0 Å². The quantitative estimate of drug-likeness (QED) is 0.686. The van der Waals surface area contributed by atoms with Gasteiger partial charge >= 0.3 is 6.09 Å². The molecule has 2 amide bonds. The zero-order chi connectivity index (χ0) is 20.7. The number of ether oxygens (including phenoxy) is 1. The van der Waals surface area contributed by atoms with Crippen LogP contribution in [0.15, 0.2) is 18.2 Å². The lowest BCUT2D eigenvalue weighted by atomic mass is 9.85. The summed E-state index contributed by atoms with van der Waals surface area (Å²) in [5.41, 5.74) is 0.0909. The van der Waals surface area contributed by atoms with Crippen LogP contribution in [0.2, 0.25) is 10.0 Å². The zero-order valence-corrected chi connectivity index (χ0v) is 18.4. The predicted octanol–water partition coefficient (Wildman–Crippen LogP) is 5.54. The number of hydrogen-bond donors (Lipinski definition) is 1. The van der Waals surface area contributed by atoms with Gasteiger partial charge in [0.2, 0.25) is 0 Å². The third-order valence-corrected chi connectivity index (χ3v) is 5.55. The van der Waals surface area contributed by atoms with Crippen LogP contribution in [0.5, 0.6) is 0 Å². The summed E-state index contributed by atoms with van der Waals surface area (Å²) in [7, 11) is 0. The van der Waals surface area contributed by atoms with Crippen LogP contribution in [-0.2, 0) is 4.74 Å². The molecule has 156 valence electrons. The summed E-state index contributed by atoms with van der Waals surface area (Å²) in [5.74, 6) is 0.501. The monoisotopic (exact) mass is 428 g/mol. The number of carbonyl (C=O) groups excluding carboxylic acids is 2. The van der Waals surface area contributed by atoms with Crippen LogP contribution in [0.25, 0.3) is 0 Å². The molecular formula is C21H30Cl2N2O3. The largest absolute Gasteiger partial charge is 0.444 e. The van der Waals surface area contributed by atoms with Crippen LogP contribution in [0.4, 0.5) is 4.79 Å². The number of benzene rings is 1. The van der Waals surface area contributed by atoms with E-state index in [0.29, 0.717) is 21.5 Å². The van der Waals surface area contributed by atoms with E-state index in [2.05, 4.69) is 5.32 Å². The zero-order valence-electron chi connectivity index (χ0n) is 16.9. The van der Waals surface area contributed by atoms with Gasteiger partial charge in [-0.05, 0) is 64.5 Å². The van der Waals surface area contributed by atoms with Crippen molar-refractivity contribution in [3.63, 3.8) is 0 Å². The van der Waals surface area contributed by atoms with E-state index in [1.807, 2.05) is 20.8 Å². The topological polar surface area (TPSA) is 58.6 Å². The molecule has 2 aliphatic rings. The molecule has 1 aliphatic heterocycles. The lowest BCUT2D eigenvalue weighted by Crippen LogP contribution is -2.34. The van der Waals surface area contributed by atoms with Crippen molar-refractivity contribution in [3.8, 4) is 0 Å². The van der Waals surface area contributed by atoms with Crippen LogP contribution >= 0.6 is 23.2 Å². The summed E-state index contributed by atoms with van der Waals surface area (Å²) in [6, 6.07) is 5.09. The van der Waals surface area contributed by atoms with Gasteiger partial charge in [0, 0.05) is 19.6 Å². The highest BCUT2D eigenvalue weighted by atomic mass is 35.5. The summed E-state index contributed by atoms with van der Waals surface area (Å²) < 4.78 is 5.21. The Morgan fingerprint density at radius 2 is 1.79 bits per heavy atom. The number of halogens is 2. The van der Waals surface area contributed by atoms with E-state index in [1.54, 1.807) is 23.1 Å². The van der Waals surface area contributed by atoms with Gasteiger partial charge in [0.1, 0.15) is 5.60 Å². The van der Waals surface area contributed by atoms with Gasteiger partial charge in [0.25, 0.3) is 5.91 Å². The summed E-state index contributed by atoms with van der Waals surface area (Å²) in [5, 5.41) is 3.63. The second kappa shape index (κ2) is 10.4. The smallest absolute Gasteiger partial charge is 0.410 e. The fraction of sp³-hybridized carbons (Fsp3) is 0.619. The minimum atomic E-state index is -0.361. The summed E-state index contributed by atoms with van der Waals surface area (Å²) in [6.45, 7) is 8.12. The molecule has 0 bridgehead atoms. The predicted molar refractivity (Wildman–Crippen MR) is 113 cm³/mol. The fourth-order valence-corrected chi connectivity index (χ4v) is 3.32. The van der Waals surface area contributed by atoms with Crippen LogP contribution in [0.3, 0.4) is 0 Å². The summed E-state index contributed by atoms with van der Waals surface area (Å²) in [4.78, 5) is 24.9. The van der Waals surface area contributed by atoms with E-state index < -0.39 is 0 Å². The van der Waals surface area contributed by atoms with Gasteiger partial charge in [-0.15, -0.1) is 0 Å². The molecule has 1 aromatic rings. The number of amides is 2. The first-order valence-electron chi connectivity index (χ1n) is 9.87. The summed E-state index contributed by atoms with van der Waals surface area (Å²) >= 11 is 11.8. The maximum Gasteiger partial charge on any atom is 0.410 e. The first kappa shape index (κ1) is 22.8. The Morgan fingerprint density at radius 1 is 1.14 bits per heavy atom. The SMILES string of the molecule is CC(C)(C)OC(=O)N1CCCC1.O=C(NCC1CCC1)c1cccc(Cl)c1Cl. The molecule has 1 saturated heterocycles. The highest BCUT2D eigenvalue weighted by Crippen LogP contribution is 2.27. The van der Waals surface area contributed by atoms with Gasteiger partial charge in [-0.1, -0.05) is 35.7 Å². The van der Waals surface area contributed by atoms with Crippen molar-refractivity contribution >= 4 is 35.2 Å². The normalized spacial score (nSPS) is 16.7. The number of nitrogens with one attached hydrogen (secondary N) is 1. The summed E-state index contributed by atoms with van der Waals surface area (Å²) in [6.07, 6.45) is 5.75. The van der Waals surface area contributed by atoms with Crippen molar-refractivity contribution in [1.29, 1.82) is 0 Å². The molecular weight excluding hydrogens is 399 g/mol. The molecule has 0 aromatic heterocycles. The minimum absolute atomic E-state index is 0.139. The van der Waals surface area contributed by atoms with E-state index in [9.17, 15) is 9.59 Å². The minimum Gasteiger partial charge on any atom is -0.444 e. The van der Waals surface area contributed by atoms with Gasteiger partial charge in [-0.3, -0.25) is 4.79 Å². The van der Waals surface area contributed by atoms with Crippen molar-refractivity contribution in [2.24, 2.45) is 5.92 Å². The van der Waals surface area contributed by atoms with Crippen molar-refractivity contribution < 1.29 is 14.3 Å². The van der Waals surface area contributed by atoms with Crippen LogP contribution in [0.1, 0.15) is 63.2 Å². The van der Waals surface area contributed by atoms with Crippen LogP contribution in [0, 0.1) is 5.92 Å². The van der Waals surface area contributed by atoms with E-state index in [0.717, 1.165) is 32.5 Å². The number of nitrogens with zero attached hydrogens (tertiary/aromatic N) is 1. The van der Waals surface area contributed by atoms with Crippen molar-refractivity contribution in [2.75, 3.05) is 19.6 Å². The molecule has 1 aromatic carbocycles. The number of carbonyl (C=O) groups is 2. The molecule has 0 unspecified atom stereocenters. The standard InChI is InChI=1S/C12H13Cl2NO.C9H17NO2/c13-10-6-2-5-9(11(10)14)12(16)15-7-8-3-1-4-8;1-9(2,3)12-8(11)10-6-4-5-7-10/h2,5-6,8H,1,3-4,7H2,(H,15,16);4-7H2,1-3H3. The molecule has 0 spiro atoms. The first-order chi connectivity index (χ1) is 13.2. The van der Waals surface area contributed by atoms with E-state index >= 15 is 0 Å². The molecule has 3 rings (SSSR count). The first-order valence-corrected chi connectivity index (χ1v) is 10.6. The van der Waals surface area contributed by atoms with Crippen LogP contribution in [-0.4, -0.2) is 42.1 Å². The molecule has 1 saturated carbocycles. The van der Waals surface area contributed by atoms with Crippen molar-refractivity contribution in [3.05, 3.63) is 33.8 Å². The van der Waals surface area contributed by atoms with E-state index in [4.69, 9.17) is 27.9 Å². The molecule has 5 nitrogen and oxygen atoms in total. The number of hydrogen-bond acceptors (Lipinski definition) is 3. The number of rotatable bonds is 3. The maximum atomic E-state index is 11.8. The van der Waals surface area contributed by atoms with Gasteiger partial charge in [-0.25, -0.2) is 4.79 Å². The molecule has 1 heterocycles. The third kappa shape index (κ3) is 7.17. The van der Waals surface area contributed by atoms with Gasteiger partial charge in [0.15, 0.2) is 0 Å². The average Bonchev–Trinajstić information content (AvgIpc) is 3.09. The lowest BCUT2D eigenvalue weighted by Gasteiger charge is -2.25. The second-order valence-electron chi connectivity index (χ2n) is 8.28. The Bertz CT molecular complexity index is 679.